The zero-order valence-electron chi connectivity index (χ0n) is 43.8. The predicted molar refractivity (Wildman–Crippen MR) is 121 cm³/mol. The average Bonchev–Trinajstić information content (AvgIpc) is 3.42. The predicted octanol–water partition coefficient (Wildman–Crippen LogP) is 3.80. The smallest absolute Gasteiger partial charge is 0.332 e. The van der Waals surface area contributed by atoms with E-state index in [2.05, 4.69) is 4.98 Å². The number of nitrogens with zero attached hydrogens (tertiary/aromatic N) is 3. The van der Waals surface area contributed by atoms with Gasteiger partial charge in [-0.2, -0.15) is 0 Å². The summed E-state index contributed by atoms with van der Waals surface area (Å²) in [5.74, 6) is -4.50. The van der Waals surface area contributed by atoms with Gasteiger partial charge < -0.3 is 10.1 Å². The number of carboxylic acids is 1. The highest BCUT2D eigenvalue weighted by molar-refractivity contribution is 5.70. The first kappa shape index (κ1) is 6.35. The Kier molecular flexibility index (Phi) is 1.85. The molecule has 0 unspecified atom stereocenters. The number of aliphatic carboxylic acids is 1. The van der Waals surface area contributed by atoms with E-state index < -0.39 is 145 Å². The lowest BCUT2D eigenvalue weighted by molar-refractivity contribution is -0.137. The highest BCUT2D eigenvalue weighted by atomic mass is 16.4. The Morgan fingerprint density at radius 3 is 2.68 bits per heavy atom. The second-order valence-electron chi connectivity index (χ2n) is 6.19. The molecule has 2 N–H and O–H groups in total. The van der Waals surface area contributed by atoms with Gasteiger partial charge >= 0.3 is 11.7 Å². The summed E-state index contributed by atoms with van der Waals surface area (Å²) >= 11 is 0. The molecular formula is C23H36N4O4. The van der Waals surface area contributed by atoms with Crippen LogP contribution < -0.4 is 11.2 Å². The van der Waals surface area contributed by atoms with Gasteiger partial charge in [-0.15, -0.1) is 0 Å². The van der Waals surface area contributed by atoms with E-state index in [1.54, 1.807) is 0 Å². The van der Waals surface area contributed by atoms with E-state index in [1.807, 2.05) is 4.98 Å². The Labute approximate surface area is 222 Å². The Balaban J connectivity index is 2.81. The molecule has 8 heteroatoms. The van der Waals surface area contributed by atoms with Crippen molar-refractivity contribution in [3.05, 3.63) is 26.7 Å². The average molecular weight is 461 g/mol. The first-order valence-corrected chi connectivity index (χ1v) is 8.37. The van der Waals surface area contributed by atoms with E-state index in [0.717, 1.165) is 0 Å². The number of H-pyrrole nitrogens is 1. The lowest BCUT2D eigenvalue weighted by Gasteiger charge is -2.44. The number of aromatic amines is 1. The van der Waals surface area contributed by atoms with Gasteiger partial charge in [0.15, 0.2) is 5.65 Å². The van der Waals surface area contributed by atoms with Gasteiger partial charge in [0.2, 0.25) is 0 Å². The number of aryl methyl sites for hydroxylation is 1. The molecular weight excluding hydrogens is 396 g/mol. The number of imidazole rings is 1. The SMILES string of the molecule is [2H]C([2H])C([2H])([2H])C1(C([2H])([2H])C([2H])([2H])C(=O)O)C([2H])([2H])C([2H])([2H])C(C)(c2nc3c([nH]2)c(=O)n(C([2H])([2H])C([2H])([2H])C([2H])([2H])[2H])c(=O)n3C([2H])([2H])CC([2H])([2H])[2H])C([2H])([2H])C1([2H])[2H]. The van der Waals surface area contributed by atoms with Crippen molar-refractivity contribution in [2.24, 2.45) is 5.41 Å². The van der Waals surface area contributed by atoms with Crippen molar-refractivity contribution in [1.82, 2.24) is 19.1 Å². The van der Waals surface area contributed by atoms with Gasteiger partial charge in [-0.25, -0.2) is 9.78 Å². The van der Waals surface area contributed by atoms with E-state index in [-0.39, 0.29) is 6.92 Å². The number of hydrogen-bond donors (Lipinski definition) is 2. The summed E-state index contributed by atoms with van der Waals surface area (Å²) in [7, 11) is 0. The van der Waals surface area contributed by atoms with E-state index in [9.17, 15) is 19.5 Å². The minimum atomic E-state index is -5.06. The number of aromatic nitrogens is 4. The third kappa shape index (κ3) is 4.34. The molecule has 0 radical (unpaired) electrons. The molecule has 1 aliphatic carbocycles. The number of fused-ring (bicyclic) bond motifs is 1. The third-order valence-electron chi connectivity index (χ3n) is 4.15. The van der Waals surface area contributed by atoms with Gasteiger partial charge in [0, 0.05) is 60.4 Å². The Hall–Kier alpha value is -2.38. The summed E-state index contributed by atoms with van der Waals surface area (Å²) in [6.45, 7) is -18.6. The van der Waals surface area contributed by atoms with Gasteiger partial charge in [0.25, 0.3) is 5.56 Å². The van der Waals surface area contributed by atoms with Crippen LogP contribution >= 0.6 is 0 Å². The Morgan fingerprint density at radius 2 is 2.03 bits per heavy atom. The zero-order valence-corrected chi connectivity index (χ0v) is 15.8. The van der Waals surface area contributed by atoms with Crippen LogP contribution in [0, 0.1) is 5.41 Å². The Bertz CT molecular complexity index is 2110. The van der Waals surface area contributed by atoms with Crippen molar-refractivity contribution in [1.29, 1.82) is 0 Å². The molecule has 0 atom stereocenters. The van der Waals surface area contributed by atoms with Crippen LogP contribution in [0.1, 0.15) is 129 Å². The fourth-order valence-electron chi connectivity index (χ4n) is 2.61. The number of carboxylic acid groups (broad SMARTS) is 1. The van der Waals surface area contributed by atoms with Crippen molar-refractivity contribution in [3.8, 4) is 0 Å². The molecule has 0 saturated heterocycles. The lowest BCUT2D eigenvalue weighted by atomic mass is 9.61. The topological polar surface area (TPSA) is 110 Å². The van der Waals surface area contributed by atoms with Gasteiger partial charge in [0.05, 0.1) is 2.74 Å². The number of rotatable bonds is 9. The highest BCUT2D eigenvalue weighted by Crippen LogP contribution is 2.50. The molecule has 31 heavy (non-hydrogen) atoms. The molecule has 0 spiro atoms. The van der Waals surface area contributed by atoms with Crippen LogP contribution in [-0.2, 0) is 23.2 Å². The molecule has 1 aliphatic rings. The summed E-state index contributed by atoms with van der Waals surface area (Å²) in [6.07, 6.45) is -39.2. The second-order valence-corrected chi connectivity index (χ2v) is 6.19. The maximum Gasteiger partial charge on any atom is 0.332 e. The minimum Gasteiger partial charge on any atom is -0.481 e. The van der Waals surface area contributed by atoms with Crippen LogP contribution in [-0.4, -0.2) is 30.2 Å². The first-order valence-electron chi connectivity index (χ1n) is 22.5. The van der Waals surface area contributed by atoms with Crippen molar-refractivity contribution < 1.29 is 48.3 Å². The second kappa shape index (κ2) is 9.01. The van der Waals surface area contributed by atoms with Crippen LogP contribution in [0.15, 0.2) is 9.59 Å². The number of nitrogens with one attached hydrogen (secondary N) is 1. The third-order valence-corrected chi connectivity index (χ3v) is 4.15. The Morgan fingerprint density at radius 1 is 1.26 bits per heavy atom. The molecule has 0 bridgehead atoms. The van der Waals surface area contributed by atoms with E-state index in [1.165, 1.54) is 0 Å². The molecule has 2 aromatic rings. The van der Waals surface area contributed by atoms with Crippen molar-refractivity contribution in [2.45, 2.75) is 103 Å². The molecule has 1 saturated carbocycles. The monoisotopic (exact) mass is 460 g/mol. The first-order chi connectivity index (χ1) is 25.5. The van der Waals surface area contributed by atoms with Crippen molar-refractivity contribution >= 4 is 17.1 Å². The number of hydrogen-bond acceptors (Lipinski definition) is 4. The number of carbonyl (C=O) groups is 1. The van der Waals surface area contributed by atoms with Gasteiger partial charge in [0.1, 0.15) is 11.3 Å². The van der Waals surface area contributed by atoms with E-state index >= 15 is 0 Å². The minimum absolute atomic E-state index is 0.255. The van der Waals surface area contributed by atoms with E-state index in [0.29, 0.717) is 0 Å². The molecule has 1 fully saturated rings. The van der Waals surface area contributed by atoms with Crippen LogP contribution in [0.3, 0.4) is 0 Å². The molecule has 0 aliphatic heterocycles. The lowest BCUT2D eigenvalue weighted by Crippen LogP contribution is -2.40. The standard InChI is InChI=1S/C23H36N4O4/c1-5-14-26-18-17(19(30)27(15-6-2)21(26)31)24-20(25-18)22(4)10-12-23(7-3,13-11-22)9-8-16(28)29/h5-15H2,1-4H3,(H,24,25)(H,28,29)/i1D3,2D3,3D2,6D2,7D2,8D2,9D2,10D2,11D2,12D2,13D2,14D2,15D2. The normalized spacial score (nSPS) is 47.5. The maximum atomic E-state index is 14.0. The van der Waals surface area contributed by atoms with Gasteiger partial charge in [-0.3, -0.25) is 18.7 Å². The summed E-state index contributed by atoms with van der Waals surface area (Å²) in [4.78, 5) is 45.7. The fourth-order valence-corrected chi connectivity index (χ4v) is 2.61. The van der Waals surface area contributed by atoms with Crippen LogP contribution in [0.2, 0.25) is 0 Å². The van der Waals surface area contributed by atoms with Crippen LogP contribution in [0.4, 0.5) is 0 Å². The molecule has 8 nitrogen and oxygen atoms in total. The largest absolute Gasteiger partial charge is 0.481 e. The summed E-state index contributed by atoms with van der Waals surface area (Å²) in [6, 6.07) is 0. The fraction of sp³-hybridized carbons (Fsp3) is 0.739. The molecule has 2 heterocycles. The van der Waals surface area contributed by atoms with Crippen molar-refractivity contribution in [2.75, 3.05) is 0 Å². The summed E-state index contributed by atoms with van der Waals surface area (Å²) in [5, 5.41) is 9.69. The summed E-state index contributed by atoms with van der Waals surface area (Å²) < 4.78 is 232. The molecule has 2 aromatic heterocycles. The molecule has 3 rings (SSSR count). The van der Waals surface area contributed by atoms with Crippen molar-refractivity contribution in [3.63, 3.8) is 0 Å². The van der Waals surface area contributed by atoms with Gasteiger partial charge in [-0.05, 0) is 50.1 Å². The van der Waals surface area contributed by atoms with E-state index in [4.69, 9.17) is 38.4 Å². The molecule has 0 amide bonds. The maximum absolute atomic E-state index is 14.0. The zero-order chi connectivity index (χ0) is 47.3. The molecule has 0 aromatic carbocycles. The van der Waals surface area contributed by atoms with Crippen LogP contribution in [0.25, 0.3) is 11.2 Å². The molecule has 172 valence electrons. The highest BCUT2D eigenvalue weighted by Gasteiger charge is 2.42. The quantitative estimate of drug-likeness (QED) is 0.591. The summed E-state index contributed by atoms with van der Waals surface area (Å²) in [5.41, 5.74) is -16.5. The van der Waals surface area contributed by atoms with Crippen LogP contribution in [0.5, 0.6) is 0 Å². The van der Waals surface area contributed by atoms with Gasteiger partial charge in [-0.1, -0.05) is 33.9 Å².